The molecule has 1 heterocycles. The van der Waals surface area contributed by atoms with E-state index in [4.69, 9.17) is 11.6 Å². The van der Waals surface area contributed by atoms with Gasteiger partial charge in [0.1, 0.15) is 5.69 Å². The second-order valence-electron chi connectivity index (χ2n) is 10.9. The highest BCUT2D eigenvalue weighted by atomic mass is 35.5. The number of carbonyl (C=O) groups excluding carboxylic acids is 2. The van der Waals surface area contributed by atoms with Crippen LogP contribution in [-0.4, -0.2) is 22.9 Å². The number of hydrogen-bond donors (Lipinski definition) is 2. The Morgan fingerprint density at radius 2 is 1.62 bits per heavy atom. The summed E-state index contributed by atoms with van der Waals surface area (Å²) in [6.45, 7) is 11.9. The molecule has 0 radical (unpaired) electrons. The van der Waals surface area contributed by atoms with Crippen LogP contribution in [-0.2, 0) is 12.0 Å². The van der Waals surface area contributed by atoms with Gasteiger partial charge in [-0.15, -0.1) is 0 Å². The van der Waals surface area contributed by atoms with E-state index in [0.29, 0.717) is 41.0 Å². The molecule has 37 heavy (non-hydrogen) atoms. The van der Waals surface area contributed by atoms with Gasteiger partial charge in [0.05, 0.1) is 10.6 Å². The largest absolute Gasteiger partial charge is 0.351 e. The molecule has 0 aliphatic rings. The quantitative estimate of drug-likeness (QED) is 0.271. The highest BCUT2D eigenvalue weighted by molar-refractivity contribution is 6.34. The van der Waals surface area contributed by atoms with Gasteiger partial charge in [-0.05, 0) is 58.9 Å². The molecule has 0 saturated carbocycles. The smallest absolute Gasteiger partial charge is 0.267 e. The fourth-order valence-electron chi connectivity index (χ4n) is 4.23. The summed E-state index contributed by atoms with van der Waals surface area (Å²) in [5.41, 5.74) is 5.01. The van der Waals surface area contributed by atoms with Crippen molar-refractivity contribution in [3.8, 4) is 0 Å². The van der Waals surface area contributed by atoms with Crippen LogP contribution >= 0.6 is 11.6 Å². The average molecular weight is 516 g/mol. The number of hydrogen-bond acceptors (Lipinski definition) is 2. The van der Waals surface area contributed by atoms with Crippen LogP contribution in [0.4, 0.5) is 5.69 Å². The maximum absolute atomic E-state index is 13.2. The summed E-state index contributed by atoms with van der Waals surface area (Å²) in [5.74, 6) is -0.0468. The lowest BCUT2D eigenvalue weighted by Crippen LogP contribution is -2.29. The molecule has 0 aliphatic heterocycles. The van der Waals surface area contributed by atoms with Crippen LogP contribution in [0.2, 0.25) is 5.02 Å². The summed E-state index contributed by atoms with van der Waals surface area (Å²) in [4.78, 5) is 26.0. The molecule has 2 amide bonds. The van der Waals surface area contributed by atoms with E-state index in [1.165, 1.54) is 5.56 Å². The Bertz CT molecular complexity index is 1430. The standard InChI is InChI=1S/C31H34ClN3O2/c1-20(2)18-33-30(37)28-17-22-16-24(34-29(36)25-8-6-7-9-26(25)32)14-15-27(22)35(28)19-21-10-12-23(13-11-21)31(3,4)5/h6-17,20H,18-19H2,1-5H3,(H,33,37)(H,34,36). The van der Waals surface area contributed by atoms with Crippen molar-refractivity contribution < 1.29 is 9.59 Å². The van der Waals surface area contributed by atoms with Crippen LogP contribution in [0.3, 0.4) is 0 Å². The van der Waals surface area contributed by atoms with Crippen LogP contribution in [0.1, 0.15) is 66.6 Å². The van der Waals surface area contributed by atoms with Crippen molar-refractivity contribution in [1.29, 1.82) is 0 Å². The molecule has 0 spiro atoms. The molecule has 0 saturated heterocycles. The number of nitrogens with one attached hydrogen (secondary N) is 2. The second-order valence-corrected chi connectivity index (χ2v) is 11.3. The second kappa shape index (κ2) is 10.8. The lowest BCUT2D eigenvalue weighted by Gasteiger charge is -2.19. The number of amides is 2. The zero-order chi connectivity index (χ0) is 26.7. The van der Waals surface area contributed by atoms with Gasteiger partial charge < -0.3 is 15.2 Å². The predicted molar refractivity (Wildman–Crippen MR) is 153 cm³/mol. The van der Waals surface area contributed by atoms with Crippen molar-refractivity contribution in [2.45, 2.75) is 46.6 Å². The molecule has 0 atom stereocenters. The molecule has 0 fully saturated rings. The Balaban J connectivity index is 1.68. The van der Waals surface area contributed by atoms with Gasteiger partial charge in [0.2, 0.25) is 0 Å². The first kappa shape index (κ1) is 26.5. The molecule has 5 nitrogen and oxygen atoms in total. The molecule has 4 rings (SSSR count). The van der Waals surface area contributed by atoms with Crippen molar-refractivity contribution in [1.82, 2.24) is 9.88 Å². The Labute approximate surface area is 223 Å². The number of anilines is 1. The Morgan fingerprint density at radius 1 is 0.919 bits per heavy atom. The van der Waals surface area contributed by atoms with Crippen LogP contribution in [0, 0.1) is 5.92 Å². The van der Waals surface area contributed by atoms with Gasteiger partial charge in [0.15, 0.2) is 0 Å². The third kappa shape index (κ3) is 6.23. The van der Waals surface area contributed by atoms with Gasteiger partial charge in [-0.25, -0.2) is 0 Å². The third-order valence-corrected chi connectivity index (χ3v) is 6.67. The summed E-state index contributed by atoms with van der Waals surface area (Å²) >= 11 is 6.19. The van der Waals surface area contributed by atoms with Gasteiger partial charge in [0.25, 0.3) is 11.8 Å². The first-order valence-corrected chi connectivity index (χ1v) is 13.0. The normalized spacial score (nSPS) is 11.6. The Morgan fingerprint density at radius 3 is 2.27 bits per heavy atom. The predicted octanol–water partition coefficient (Wildman–Crippen LogP) is 7.28. The third-order valence-electron chi connectivity index (χ3n) is 6.34. The fourth-order valence-corrected chi connectivity index (χ4v) is 4.45. The number of halogens is 1. The maximum Gasteiger partial charge on any atom is 0.267 e. The minimum atomic E-state index is -0.279. The van der Waals surface area contributed by atoms with E-state index >= 15 is 0 Å². The fraction of sp³-hybridized carbons (Fsp3) is 0.290. The molecule has 2 N–H and O–H groups in total. The van der Waals surface area contributed by atoms with Gasteiger partial charge in [-0.2, -0.15) is 0 Å². The number of aromatic nitrogens is 1. The molecule has 0 aliphatic carbocycles. The summed E-state index contributed by atoms with van der Waals surface area (Å²) in [5, 5.41) is 7.24. The monoisotopic (exact) mass is 515 g/mol. The molecular weight excluding hydrogens is 482 g/mol. The first-order chi connectivity index (χ1) is 17.5. The van der Waals surface area contributed by atoms with Crippen molar-refractivity contribution in [3.05, 3.63) is 100 Å². The zero-order valence-electron chi connectivity index (χ0n) is 22.1. The minimum Gasteiger partial charge on any atom is -0.351 e. The summed E-state index contributed by atoms with van der Waals surface area (Å²) in [6, 6.07) is 23.1. The van der Waals surface area contributed by atoms with Crippen molar-refractivity contribution in [2.24, 2.45) is 5.92 Å². The van der Waals surface area contributed by atoms with E-state index in [9.17, 15) is 9.59 Å². The van der Waals surface area contributed by atoms with Gasteiger partial charge in [-0.3, -0.25) is 9.59 Å². The zero-order valence-corrected chi connectivity index (χ0v) is 22.8. The average Bonchev–Trinajstić information content (AvgIpc) is 3.20. The summed E-state index contributed by atoms with van der Waals surface area (Å²) in [7, 11) is 0. The molecule has 0 unspecified atom stereocenters. The molecule has 3 aromatic carbocycles. The molecule has 4 aromatic rings. The lowest BCUT2D eigenvalue weighted by atomic mass is 9.87. The molecular formula is C31H34ClN3O2. The lowest BCUT2D eigenvalue weighted by molar-refractivity contribution is 0.0940. The van der Waals surface area contributed by atoms with E-state index in [2.05, 4.69) is 69.5 Å². The Hall–Kier alpha value is -3.57. The maximum atomic E-state index is 13.2. The number of carbonyl (C=O) groups is 2. The highest BCUT2D eigenvalue weighted by Crippen LogP contribution is 2.27. The van der Waals surface area contributed by atoms with Crippen molar-refractivity contribution in [2.75, 3.05) is 11.9 Å². The van der Waals surface area contributed by atoms with E-state index in [1.807, 2.05) is 28.8 Å². The minimum absolute atomic E-state index is 0.0748. The van der Waals surface area contributed by atoms with Crippen molar-refractivity contribution >= 4 is 40.0 Å². The number of benzene rings is 3. The summed E-state index contributed by atoms with van der Waals surface area (Å²) < 4.78 is 2.04. The van der Waals surface area contributed by atoms with E-state index in [-0.39, 0.29) is 17.2 Å². The molecule has 192 valence electrons. The Kier molecular flexibility index (Phi) is 7.74. The highest BCUT2D eigenvalue weighted by Gasteiger charge is 2.18. The van der Waals surface area contributed by atoms with Gasteiger partial charge in [-0.1, -0.05) is 82.6 Å². The van der Waals surface area contributed by atoms with Crippen LogP contribution in [0.5, 0.6) is 0 Å². The first-order valence-electron chi connectivity index (χ1n) is 12.6. The van der Waals surface area contributed by atoms with E-state index in [0.717, 1.165) is 16.5 Å². The molecule has 1 aromatic heterocycles. The van der Waals surface area contributed by atoms with Crippen molar-refractivity contribution in [3.63, 3.8) is 0 Å². The number of nitrogens with zero attached hydrogens (tertiary/aromatic N) is 1. The number of fused-ring (bicyclic) bond motifs is 1. The van der Waals surface area contributed by atoms with Crippen LogP contribution in [0.25, 0.3) is 10.9 Å². The molecule has 6 heteroatoms. The molecule has 0 bridgehead atoms. The summed E-state index contributed by atoms with van der Waals surface area (Å²) in [6.07, 6.45) is 0. The van der Waals surface area contributed by atoms with Gasteiger partial charge in [0, 0.05) is 29.7 Å². The van der Waals surface area contributed by atoms with Gasteiger partial charge >= 0.3 is 0 Å². The van der Waals surface area contributed by atoms with Crippen LogP contribution < -0.4 is 10.6 Å². The SMILES string of the molecule is CC(C)CNC(=O)c1cc2cc(NC(=O)c3ccccc3Cl)ccc2n1Cc1ccc(C(C)(C)C)cc1. The number of rotatable bonds is 7. The van der Waals surface area contributed by atoms with Crippen LogP contribution in [0.15, 0.2) is 72.8 Å². The van der Waals surface area contributed by atoms with E-state index in [1.54, 1.807) is 24.3 Å². The van der Waals surface area contributed by atoms with E-state index < -0.39 is 0 Å². The topological polar surface area (TPSA) is 63.1 Å².